The summed E-state index contributed by atoms with van der Waals surface area (Å²) in [6, 6.07) is 0. The van der Waals surface area contributed by atoms with E-state index < -0.39 is 5.97 Å². The zero-order chi connectivity index (χ0) is 9.14. The van der Waals surface area contributed by atoms with Crippen LogP contribution >= 0.6 is 11.3 Å². The summed E-state index contributed by atoms with van der Waals surface area (Å²) in [5.74, 6) is -0.539. The second kappa shape index (κ2) is 3.36. The minimum Gasteiger partial charge on any atom is -0.466 e. The predicted molar refractivity (Wildman–Crippen MR) is 46.2 cm³/mol. The molecular weight excluding hydrogens is 178 g/mol. The quantitative estimate of drug-likeness (QED) is 0.559. The van der Waals surface area contributed by atoms with Crippen molar-refractivity contribution >= 4 is 30.0 Å². The van der Waals surface area contributed by atoms with Gasteiger partial charge in [-0.25, -0.2) is 4.79 Å². The highest BCUT2D eigenvalue weighted by molar-refractivity contribution is 7.07. The first kappa shape index (κ1) is 8.73. The highest BCUT2D eigenvalue weighted by Gasteiger charge is 1.96. The number of hydrogen-bond donors (Lipinski definition) is 1. The van der Waals surface area contributed by atoms with Crippen LogP contribution in [0.3, 0.4) is 0 Å². The molecule has 0 atom stereocenters. The van der Waals surface area contributed by atoms with E-state index in [-0.39, 0.29) is 5.56 Å². The molecule has 0 spiro atoms. The van der Waals surface area contributed by atoms with Crippen LogP contribution in [-0.2, 0) is 9.53 Å². The number of esters is 1. The number of rotatable bonds is 1. The second-order valence-electron chi connectivity index (χ2n) is 2.01. The summed E-state index contributed by atoms with van der Waals surface area (Å²) in [5.41, 5.74) is -0.310. The van der Waals surface area contributed by atoms with Crippen molar-refractivity contribution in [1.82, 2.24) is 4.98 Å². The molecule has 0 amide bonds. The van der Waals surface area contributed by atoms with Gasteiger partial charge in [-0.1, -0.05) is 6.58 Å². The molecule has 1 rings (SSSR count). The molecule has 0 fully saturated rings. The largest absolute Gasteiger partial charge is 0.466 e. The van der Waals surface area contributed by atoms with Gasteiger partial charge in [-0.2, -0.15) is 0 Å². The van der Waals surface area contributed by atoms with Crippen molar-refractivity contribution in [3.05, 3.63) is 19.5 Å². The van der Waals surface area contributed by atoms with E-state index in [2.05, 4.69) is 16.3 Å². The van der Waals surface area contributed by atoms with Gasteiger partial charge in [-0.05, 0) is 0 Å². The van der Waals surface area contributed by atoms with Crippen LogP contribution in [0.1, 0.15) is 0 Å². The fourth-order valence-electron chi connectivity index (χ4n) is 0.654. The molecule has 0 aliphatic heterocycles. The van der Waals surface area contributed by atoms with E-state index in [0.717, 1.165) is 17.4 Å². The summed E-state index contributed by atoms with van der Waals surface area (Å²) in [5, 5.41) is 0. The van der Waals surface area contributed by atoms with Gasteiger partial charge in [0.2, 0.25) is 0 Å². The molecule has 0 aliphatic carbocycles. The van der Waals surface area contributed by atoms with Crippen LogP contribution < -0.4 is 14.8 Å². The van der Waals surface area contributed by atoms with Crippen LogP contribution in [0.25, 0.3) is 12.7 Å². The lowest BCUT2D eigenvalue weighted by Crippen LogP contribution is -2.21. The minimum atomic E-state index is -0.539. The number of H-pyrrole nitrogens is 1. The Morgan fingerprint density at radius 2 is 2.42 bits per heavy atom. The van der Waals surface area contributed by atoms with Gasteiger partial charge in [0.25, 0.3) is 5.56 Å². The third-order valence-corrected chi connectivity index (χ3v) is 2.03. The number of ether oxygens (including phenoxy) is 1. The van der Waals surface area contributed by atoms with Crippen LogP contribution in [0, 0.1) is 0 Å². The van der Waals surface area contributed by atoms with Crippen molar-refractivity contribution in [2.75, 3.05) is 7.11 Å². The lowest BCUT2D eigenvalue weighted by Gasteiger charge is -1.85. The molecular formula is C7H7NO3S. The number of nitrogens with one attached hydrogen (secondary N) is 1. The number of hydrogen-bond acceptors (Lipinski definition) is 4. The maximum atomic E-state index is 11.0. The number of methoxy groups -OCH3 is 1. The molecule has 1 heterocycles. The Labute approximate surface area is 71.8 Å². The van der Waals surface area contributed by atoms with Crippen molar-refractivity contribution in [3.8, 4) is 0 Å². The molecule has 0 bridgehead atoms. The van der Waals surface area contributed by atoms with E-state index >= 15 is 0 Å². The van der Waals surface area contributed by atoms with Crippen molar-refractivity contribution in [2.45, 2.75) is 0 Å². The lowest BCUT2D eigenvalue weighted by molar-refractivity contribution is -0.133. The van der Waals surface area contributed by atoms with E-state index in [9.17, 15) is 9.59 Å². The molecule has 1 aromatic rings. The first-order valence-electron chi connectivity index (χ1n) is 3.11. The highest BCUT2D eigenvalue weighted by Crippen LogP contribution is 1.74. The normalized spacial score (nSPS) is 11.6. The molecule has 1 aromatic heterocycles. The summed E-state index contributed by atoms with van der Waals surface area (Å²) >= 11 is 1.12. The van der Waals surface area contributed by atoms with Crippen LogP contribution in [0.2, 0.25) is 0 Å². The summed E-state index contributed by atoms with van der Waals surface area (Å²) < 4.78 is 5.19. The van der Waals surface area contributed by atoms with Gasteiger partial charge >= 0.3 is 5.97 Å². The zero-order valence-electron chi connectivity index (χ0n) is 6.42. The van der Waals surface area contributed by atoms with Gasteiger partial charge < -0.3 is 9.72 Å². The van der Waals surface area contributed by atoms with Crippen molar-refractivity contribution in [1.29, 1.82) is 0 Å². The number of thiazole rings is 1. The van der Waals surface area contributed by atoms with E-state index in [1.54, 1.807) is 0 Å². The van der Waals surface area contributed by atoms with Gasteiger partial charge in [0.15, 0.2) is 0 Å². The summed E-state index contributed by atoms with van der Waals surface area (Å²) in [7, 11) is 1.26. The lowest BCUT2D eigenvalue weighted by atomic mass is 10.6. The molecule has 4 nitrogen and oxygen atoms in total. The third kappa shape index (κ3) is 1.82. The maximum absolute atomic E-state index is 11.0. The third-order valence-electron chi connectivity index (χ3n) is 1.16. The first-order valence-corrected chi connectivity index (χ1v) is 3.93. The Morgan fingerprint density at radius 3 is 2.83 bits per heavy atom. The summed E-state index contributed by atoms with van der Waals surface area (Å²) in [4.78, 5) is 24.1. The molecule has 5 heteroatoms. The van der Waals surface area contributed by atoms with E-state index in [1.165, 1.54) is 7.11 Å². The monoisotopic (exact) mass is 185 g/mol. The molecule has 12 heavy (non-hydrogen) atoms. The molecule has 0 saturated heterocycles. The van der Waals surface area contributed by atoms with Crippen LogP contribution in [0.4, 0.5) is 0 Å². The Hall–Kier alpha value is -1.36. The average Bonchev–Trinajstić information content (AvgIpc) is 2.30. The average molecular weight is 185 g/mol. The van der Waals surface area contributed by atoms with Gasteiger partial charge in [0.05, 0.1) is 11.8 Å². The van der Waals surface area contributed by atoms with Crippen LogP contribution in [0.5, 0.6) is 0 Å². The van der Waals surface area contributed by atoms with Gasteiger partial charge in [0, 0.05) is 6.08 Å². The molecule has 0 aromatic carbocycles. The summed E-state index contributed by atoms with van der Waals surface area (Å²) in [6.07, 6.45) is 1.14. The molecule has 0 saturated carbocycles. The van der Waals surface area contributed by atoms with E-state index in [1.807, 2.05) is 0 Å². The minimum absolute atomic E-state index is 0.310. The highest BCUT2D eigenvalue weighted by atomic mass is 32.1. The first-order chi connectivity index (χ1) is 5.63. The fraction of sp³-hybridized carbons (Fsp3) is 0.143. The topological polar surface area (TPSA) is 59.2 Å². The van der Waals surface area contributed by atoms with Crippen LogP contribution in [-0.4, -0.2) is 18.1 Å². The Balaban J connectivity index is 3.28. The van der Waals surface area contributed by atoms with Crippen molar-refractivity contribution < 1.29 is 9.53 Å². The summed E-state index contributed by atoms with van der Waals surface area (Å²) in [6.45, 7) is 3.53. The SMILES string of the molecule is C=c1[nH]c(=O)c(=CC(=O)OC)s1. The second-order valence-corrected chi connectivity index (χ2v) is 3.15. The standard InChI is InChI=1S/C7H7NO3S/c1-4-8-7(10)5(12-4)3-6(9)11-2/h3H,1H2,2H3,(H,8,10). The van der Waals surface area contributed by atoms with E-state index in [4.69, 9.17) is 0 Å². The van der Waals surface area contributed by atoms with Crippen molar-refractivity contribution in [2.24, 2.45) is 0 Å². The maximum Gasteiger partial charge on any atom is 0.332 e. The van der Waals surface area contributed by atoms with Gasteiger partial charge in [-0.15, -0.1) is 11.3 Å². The molecule has 0 unspecified atom stereocenters. The fourth-order valence-corrected chi connectivity index (χ4v) is 1.36. The Kier molecular flexibility index (Phi) is 2.44. The predicted octanol–water partition coefficient (Wildman–Crippen LogP) is -1.20. The number of carbonyl (C=O) groups excluding carboxylic acids is 1. The molecule has 64 valence electrons. The van der Waals surface area contributed by atoms with Crippen molar-refractivity contribution in [3.63, 3.8) is 0 Å². The molecule has 0 radical (unpaired) electrons. The Bertz CT molecular complexity index is 442. The number of aromatic nitrogens is 1. The van der Waals surface area contributed by atoms with Gasteiger partial charge in [-0.3, -0.25) is 4.79 Å². The smallest absolute Gasteiger partial charge is 0.332 e. The Morgan fingerprint density at radius 1 is 1.75 bits per heavy atom. The molecule has 1 N–H and O–H groups in total. The van der Waals surface area contributed by atoms with E-state index in [0.29, 0.717) is 9.20 Å². The van der Waals surface area contributed by atoms with Crippen LogP contribution in [0.15, 0.2) is 4.79 Å². The zero-order valence-corrected chi connectivity index (χ0v) is 7.23. The molecule has 0 aliphatic rings. The number of carbonyl (C=O) groups is 1. The van der Waals surface area contributed by atoms with Gasteiger partial charge in [0.1, 0.15) is 4.53 Å². The number of aromatic amines is 1.